The Bertz CT molecular complexity index is 446. The highest BCUT2D eigenvalue weighted by Gasteiger charge is 2.18. The number of nitrogens with one attached hydrogen (secondary N) is 1. The Labute approximate surface area is 99.0 Å². The van der Waals surface area contributed by atoms with Crippen LogP contribution in [0.4, 0.5) is 11.4 Å². The zero-order valence-electron chi connectivity index (χ0n) is 9.77. The number of nitro benzene ring substituents is 1. The minimum atomic E-state index is -0.657. The fraction of sp³-hybridized carbons (Fsp3) is 0.364. The number of benzene rings is 1. The fourth-order valence-electron chi connectivity index (χ4n) is 1.31. The van der Waals surface area contributed by atoms with Crippen LogP contribution >= 0.6 is 0 Å². The summed E-state index contributed by atoms with van der Waals surface area (Å²) in [5.41, 5.74) is 6.35. The lowest BCUT2D eigenvalue weighted by molar-refractivity contribution is -0.384. The summed E-state index contributed by atoms with van der Waals surface area (Å²) in [4.78, 5) is 21.8. The Morgan fingerprint density at radius 2 is 2.24 bits per heavy atom. The lowest BCUT2D eigenvalue weighted by Gasteiger charge is -2.10. The number of rotatable bonds is 4. The molecule has 1 amide bonds. The third-order valence-electron chi connectivity index (χ3n) is 2.38. The molecule has 0 saturated carbocycles. The van der Waals surface area contributed by atoms with Crippen molar-refractivity contribution >= 4 is 17.3 Å². The highest BCUT2D eigenvalue weighted by molar-refractivity contribution is 5.96. The molecule has 6 nitrogen and oxygen atoms in total. The molecule has 92 valence electrons. The summed E-state index contributed by atoms with van der Waals surface area (Å²) in [6.45, 7) is 3.52. The summed E-state index contributed by atoms with van der Waals surface area (Å²) < 4.78 is 0. The number of carbonyl (C=O) groups is 1. The first kappa shape index (κ1) is 13.1. The molecular formula is C11H15N3O3. The lowest BCUT2D eigenvalue weighted by atomic mass is 10.1. The number of nitrogens with zero attached hydrogens (tertiary/aromatic N) is 1. The van der Waals surface area contributed by atoms with Crippen LogP contribution < -0.4 is 11.1 Å². The molecule has 0 unspecified atom stereocenters. The summed E-state index contributed by atoms with van der Waals surface area (Å²) in [6, 6.07) is 3.96. The molecule has 0 aliphatic carbocycles. The zero-order chi connectivity index (χ0) is 13.0. The SMILES string of the molecule is CC[C@H](N)C(=O)Nc1ccc(C)cc1[N+](=O)[O-]. The first-order valence-electron chi connectivity index (χ1n) is 5.27. The van der Waals surface area contributed by atoms with E-state index in [0.717, 1.165) is 5.56 Å². The third-order valence-corrected chi connectivity index (χ3v) is 2.38. The number of aryl methyl sites for hydroxylation is 1. The van der Waals surface area contributed by atoms with Crippen LogP contribution in [-0.4, -0.2) is 16.9 Å². The van der Waals surface area contributed by atoms with Gasteiger partial charge in [-0.05, 0) is 25.0 Å². The van der Waals surface area contributed by atoms with Crippen LogP contribution in [0.2, 0.25) is 0 Å². The Morgan fingerprint density at radius 3 is 2.76 bits per heavy atom. The minimum absolute atomic E-state index is 0.123. The van der Waals surface area contributed by atoms with Crippen molar-refractivity contribution in [2.75, 3.05) is 5.32 Å². The van der Waals surface area contributed by atoms with E-state index >= 15 is 0 Å². The molecular weight excluding hydrogens is 222 g/mol. The maximum absolute atomic E-state index is 11.5. The first-order valence-corrected chi connectivity index (χ1v) is 5.27. The van der Waals surface area contributed by atoms with Crippen LogP contribution in [0.15, 0.2) is 18.2 Å². The van der Waals surface area contributed by atoms with E-state index in [2.05, 4.69) is 5.32 Å². The molecule has 0 aromatic heterocycles. The van der Waals surface area contributed by atoms with Crippen molar-refractivity contribution in [2.24, 2.45) is 5.73 Å². The van der Waals surface area contributed by atoms with E-state index in [1.807, 2.05) is 0 Å². The Balaban J connectivity index is 2.98. The second kappa shape index (κ2) is 5.40. The zero-order valence-corrected chi connectivity index (χ0v) is 9.77. The largest absolute Gasteiger partial charge is 0.320 e. The van der Waals surface area contributed by atoms with Gasteiger partial charge < -0.3 is 11.1 Å². The number of anilines is 1. The quantitative estimate of drug-likeness (QED) is 0.613. The monoisotopic (exact) mass is 237 g/mol. The lowest BCUT2D eigenvalue weighted by Crippen LogP contribution is -2.34. The van der Waals surface area contributed by atoms with Crippen molar-refractivity contribution < 1.29 is 9.72 Å². The second-order valence-corrected chi connectivity index (χ2v) is 3.78. The average Bonchev–Trinajstić information content (AvgIpc) is 2.29. The number of nitro groups is 1. The summed E-state index contributed by atoms with van der Waals surface area (Å²) in [6.07, 6.45) is 0.478. The number of hydrogen-bond donors (Lipinski definition) is 2. The van der Waals surface area contributed by atoms with Gasteiger partial charge in [-0.1, -0.05) is 13.0 Å². The van der Waals surface area contributed by atoms with Crippen molar-refractivity contribution in [3.63, 3.8) is 0 Å². The van der Waals surface area contributed by atoms with Crippen molar-refractivity contribution in [3.8, 4) is 0 Å². The average molecular weight is 237 g/mol. The van der Waals surface area contributed by atoms with E-state index in [1.54, 1.807) is 19.9 Å². The molecule has 0 aliphatic rings. The van der Waals surface area contributed by atoms with Gasteiger partial charge in [0.05, 0.1) is 11.0 Å². The Hall–Kier alpha value is -1.95. The van der Waals surface area contributed by atoms with Gasteiger partial charge in [0.15, 0.2) is 0 Å². The molecule has 6 heteroatoms. The number of amides is 1. The normalized spacial score (nSPS) is 11.9. The van der Waals surface area contributed by atoms with Crippen molar-refractivity contribution in [2.45, 2.75) is 26.3 Å². The van der Waals surface area contributed by atoms with Gasteiger partial charge in [-0.25, -0.2) is 0 Å². The van der Waals surface area contributed by atoms with Gasteiger partial charge in [-0.15, -0.1) is 0 Å². The van der Waals surface area contributed by atoms with Crippen molar-refractivity contribution in [1.29, 1.82) is 0 Å². The standard InChI is InChI=1S/C11H15N3O3/c1-3-8(12)11(15)13-9-5-4-7(2)6-10(9)14(16)17/h4-6,8H,3,12H2,1-2H3,(H,13,15)/t8-/m0/s1. The van der Waals surface area contributed by atoms with Crippen molar-refractivity contribution in [1.82, 2.24) is 0 Å². The van der Waals surface area contributed by atoms with E-state index in [1.165, 1.54) is 12.1 Å². The molecule has 0 saturated heterocycles. The fourth-order valence-corrected chi connectivity index (χ4v) is 1.31. The predicted molar refractivity (Wildman–Crippen MR) is 64.7 cm³/mol. The van der Waals surface area contributed by atoms with E-state index in [4.69, 9.17) is 5.73 Å². The summed E-state index contributed by atoms with van der Waals surface area (Å²) >= 11 is 0. The third kappa shape index (κ3) is 3.25. The Morgan fingerprint density at radius 1 is 1.59 bits per heavy atom. The molecule has 0 fully saturated rings. The molecule has 3 N–H and O–H groups in total. The molecule has 1 atom stereocenters. The molecule has 0 bridgehead atoms. The topological polar surface area (TPSA) is 98.3 Å². The van der Waals surface area contributed by atoms with E-state index in [0.29, 0.717) is 6.42 Å². The molecule has 0 spiro atoms. The second-order valence-electron chi connectivity index (χ2n) is 3.78. The van der Waals surface area contributed by atoms with Crippen LogP contribution in [0, 0.1) is 17.0 Å². The maximum atomic E-state index is 11.5. The maximum Gasteiger partial charge on any atom is 0.293 e. The smallest absolute Gasteiger partial charge is 0.293 e. The van der Waals surface area contributed by atoms with E-state index < -0.39 is 16.9 Å². The summed E-state index contributed by atoms with van der Waals surface area (Å²) in [5.74, 6) is -0.417. The molecule has 0 heterocycles. The van der Waals surface area contributed by atoms with Crippen LogP contribution in [0.1, 0.15) is 18.9 Å². The number of hydrogen-bond acceptors (Lipinski definition) is 4. The van der Waals surface area contributed by atoms with E-state index in [9.17, 15) is 14.9 Å². The van der Waals surface area contributed by atoms with E-state index in [-0.39, 0.29) is 11.4 Å². The molecule has 1 rings (SSSR count). The van der Waals surface area contributed by atoms with Gasteiger partial charge >= 0.3 is 0 Å². The highest BCUT2D eigenvalue weighted by atomic mass is 16.6. The molecule has 0 aliphatic heterocycles. The van der Waals surface area contributed by atoms with Gasteiger partial charge in [0, 0.05) is 6.07 Å². The van der Waals surface area contributed by atoms with Crippen LogP contribution in [0.25, 0.3) is 0 Å². The Kier molecular flexibility index (Phi) is 4.17. The number of carbonyl (C=O) groups excluding carboxylic acids is 1. The first-order chi connectivity index (χ1) is 7.95. The van der Waals surface area contributed by atoms with Crippen LogP contribution in [0.5, 0.6) is 0 Å². The molecule has 1 aromatic carbocycles. The number of nitrogens with two attached hydrogens (primary N) is 1. The highest BCUT2D eigenvalue weighted by Crippen LogP contribution is 2.25. The predicted octanol–water partition coefficient (Wildman–Crippen LogP) is 1.58. The van der Waals surface area contributed by atoms with Crippen LogP contribution in [-0.2, 0) is 4.79 Å². The minimum Gasteiger partial charge on any atom is -0.320 e. The summed E-state index contributed by atoms with van der Waals surface area (Å²) in [7, 11) is 0. The van der Waals surface area contributed by atoms with Gasteiger partial charge in [0.1, 0.15) is 5.69 Å². The van der Waals surface area contributed by atoms with Gasteiger partial charge in [-0.3, -0.25) is 14.9 Å². The van der Waals surface area contributed by atoms with Gasteiger partial charge in [-0.2, -0.15) is 0 Å². The van der Waals surface area contributed by atoms with Gasteiger partial charge in [0.25, 0.3) is 5.69 Å². The van der Waals surface area contributed by atoms with Crippen molar-refractivity contribution in [3.05, 3.63) is 33.9 Å². The molecule has 0 radical (unpaired) electrons. The van der Waals surface area contributed by atoms with Gasteiger partial charge in [0.2, 0.25) is 5.91 Å². The van der Waals surface area contributed by atoms with Crippen LogP contribution in [0.3, 0.4) is 0 Å². The summed E-state index contributed by atoms with van der Waals surface area (Å²) in [5, 5.41) is 13.3. The molecule has 1 aromatic rings. The molecule has 17 heavy (non-hydrogen) atoms.